The predicted molar refractivity (Wildman–Crippen MR) is 76.5 cm³/mol. The number of methoxy groups -OCH3 is 2. The summed E-state index contributed by atoms with van der Waals surface area (Å²) in [5, 5.41) is 0. The maximum absolute atomic E-state index is 11.8. The highest BCUT2D eigenvalue weighted by atomic mass is 16.5. The van der Waals surface area contributed by atoms with Crippen molar-refractivity contribution in [1.82, 2.24) is 0 Å². The van der Waals surface area contributed by atoms with Gasteiger partial charge in [-0.15, -0.1) is 0 Å². The Labute approximate surface area is 114 Å². The van der Waals surface area contributed by atoms with Crippen LogP contribution in [0.2, 0.25) is 0 Å². The van der Waals surface area contributed by atoms with Gasteiger partial charge in [-0.2, -0.15) is 0 Å². The van der Waals surface area contributed by atoms with Gasteiger partial charge >= 0.3 is 5.97 Å². The fourth-order valence-corrected chi connectivity index (χ4v) is 1.86. The molecule has 0 heterocycles. The van der Waals surface area contributed by atoms with E-state index in [1.807, 2.05) is 19.1 Å². The molecule has 0 fully saturated rings. The first kappa shape index (κ1) is 15.4. The van der Waals surface area contributed by atoms with Crippen molar-refractivity contribution in [2.24, 2.45) is 4.99 Å². The number of hydrogen-bond acceptors (Lipinski definition) is 4. The van der Waals surface area contributed by atoms with Gasteiger partial charge in [0.05, 0.1) is 25.0 Å². The molecule has 0 unspecified atom stereocenters. The van der Waals surface area contributed by atoms with E-state index in [0.717, 1.165) is 11.3 Å². The van der Waals surface area contributed by atoms with Crippen molar-refractivity contribution in [2.45, 2.75) is 26.7 Å². The second-order valence-electron chi connectivity index (χ2n) is 4.67. The van der Waals surface area contributed by atoms with Crippen molar-refractivity contribution in [2.75, 3.05) is 20.8 Å². The highest BCUT2D eigenvalue weighted by molar-refractivity contribution is 5.98. The largest absolute Gasteiger partial charge is 0.465 e. The summed E-state index contributed by atoms with van der Waals surface area (Å²) in [6.07, 6.45) is 0. The third-order valence-electron chi connectivity index (χ3n) is 2.75. The van der Waals surface area contributed by atoms with E-state index in [-0.39, 0.29) is 11.9 Å². The van der Waals surface area contributed by atoms with E-state index in [4.69, 9.17) is 9.47 Å². The molecule has 1 aromatic rings. The molecule has 4 heteroatoms. The zero-order valence-electron chi connectivity index (χ0n) is 12.2. The molecule has 0 amide bonds. The Hall–Kier alpha value is -1.68. The van der Waals surface area contributed by atoms with Crippen LogP contribution < -0.4 is 0 Å². The van der Waals surface area contributed by atoms with Gasteiger partial charge in [0.1, 0.15) is 0 Å². The Kier molecular flexibility index (Phi) is 5.70. The van der Waals surface area contributed by atoms with E-state index in [1.54, 1.807) is 13.2 Å². The van der Waals surface area contributed by atoms with Crippen LogP contribution in [0, 0.1) is 0 Å². The molecule has 0 bridgehead atoms. The van der Waals surface area contributed by atoms with Crippen LogP contribution in [0.25, 0.3) is 0 Å². The number of carbonyl (C=O) groups is 1. The lowest BCUT2D eigenvalue weighted by Crippen LogP contribution is -2.06. The molecule has 0 aromatic heterocycles. The van der Waals surface area contributed by atoms with Crippen molar-refractivity contribution in [3.05, 3.63) is 29.3 Å². The number of aliphatic imine (C=N–C) groups is 1. The molecule has 0 atom stereocenters. The van der Waals surface area contributed by atoms with E-state index in [0.29, 0.717) is 17.9 Å². The van der Waals surface area contributed by atoms with Gasteiger partial charge in [-0.3, -0.25) is 4.99 Å². The fraction of sp³-hybridized carbons (Fsp3) is 0.467. The van der Waals surface area contributed by atoms with Crippen LogP contribution in [-0.2, 0) is 9.47 Å². The lowest BCUT2D eigenvalue weighted by atomic mass is 9.98. The van der Waals surface area contributed by atoms with Crippen LogP contribution in [0.5, 0.6) is 0 Å². The van der Waals surface area contributed by atoms with Gasteiger partial charge in [-0.25, -0.2) is 4.79 Å². The number of esters is 1. The highest BCUT2D eigenvalue weighted by Gasteiger charge is 2.16. The zero-order valence-corrected chi connectivity index (χ0v) is 12.2. The van der Waals surface area contributed by atoms with Crippen LogP contribution in [0.4, 0.5) is 5.69 Å². The van der Waals surface area contributed by atoms with Crippen molar-refractivity contribution in [3.8, 4) is 0 Å². The smallest absolute Gasteiger partial charge is 0.340 e. The van der Waals surface area contributed by atoms with E-state index < -0.39 is 0 Å². The van der Waals surface area contributed by atoms with Crippen LogP contribution >= 0.6 is 0 Å². The topological polar surface area (TPSA) is 47.9 Å². The van der Waals surface area contributed by atoms with Gasteiger partial charge in [0.2, 0.25) is 0 Å². The molecule has 0 saturated heterocycles. The minimum Gasteiger partial charge on any atom is -0.465 e. The van der Waals surface area contributed by atoms with Gasteiger partial charge in [0.25, 0.3) is 0 Å². The summed E-state index contributed by atoms with van der Waals surface area (Å²) in [5.74, 6) is -0.0924. The highest BCUT2D eigenvalue weighted by Crippen LogP contribution is 2.31. The first-order valence-corrected chi connectivity index (χ1v) is 6.25. The normalized spacial score (nSPS) is 11.8. The summed E-state index contributed by atoms with van der Waals surface area (Å²) < 4.78 is 9.87. The van der Waals surface area contributed by atoms with Crippen molar-refractivity contribution in [3.63, 3.8) is 0 Å². The van der Waals surface area contributed by atoms with Crippen LogP contribution in [0.15, 0.2) is 23.2 Å². The third kappa shape index (κ3) is 3.89. The van der Waals surface area contributed by atoms with Gasteiger partial charge < -0.3 is 9.47 Å². The Morgan fingerprint density at radius 1 is 1.32 bits per heavy atom. The molecule has 1 rings (SSSR count). The molecule has 19 heavy (non-hydrogen) atoms. The molecular weight excluding hydrogens is 242 g/mol. The SMILES string of the molecule is COCC(C)=Nc1c(C(=O)OC)cccc1C(C)C. The first-order valence-electron chi connectivity index (χ1n) is 6.25. The second kappa shape index (κ2) is 7.04. The molecule has 1 aromatic carbocycles. The average molecular weight is 263 g/mol. The lowest BCUT2D eigenvalue weighted by Gasteiger charge is -2.13. The number of benzene rings is 1. The third-order valence-corrected chi connectivity index (χ3v) is 2.75. The maximum atomic E-state index is 11.8. The summed E-state index contributed by atoms with van der Waals surface area (Å²) >= 11 is 0. The quantitative estimate of drug-likeness (QED) is 0.604. The molecule has 0 aliphatic carbocycles. The summed E-state index contributed by atoms with van der Waals surface area (Å²) in [6.45, 7) is 6.46. The minimum atomic E-state index is -0.369. The summed E-state index contributed by atoms with van der Waals surface area (Å²) in [5.41, 5.74) is 3.02. The Morgan fingerprint density at radius 2 is 2.00 bits per heavy atom. The van der Waals surface area contributed by atoms with Crippen molar-refractivity contribution in [1.29, 1.82) is 0 Å². The minimum absolute atomic E-state index is 0.277. The van der Waals surface area contributed by atoms with E-state index in [1.165, 1.54) is 7.11 Å². The van der Waals surface area contributed by atoms with Crippen molar-refractivity contribution >= 4 is 17.4 Å². The van der Waals surface area contributed by atoms with Gasteiger partial charge in [-0.1, -0.05) is 26.0 Å². The Balaban J connectivity index is 3.37. The molecule has 0 aliphatic heterocycles. The van der Waals surface area contributed by atoms with Gasteiger partial charge in [0, 0.05) is 12.8 Å². The number of rotatable bonds is 5. The lowest BCUT2D eigenvalue weighted by molar-refractivity contribution is 0.0601. The van der Waals surface area contributed by atoms with E-state index >= 15 is 0 Å². The molecule has 0 radical (unpaired) electrons. The number of carbonyl (C=O) groups excluding carboxylic acids is 1. The molecule has 0 saturated carbocycles. The summed E-state index contributed by atoms with van der Waals surface area (Å²) in [7, 11) is 2.99. The maximum Gasteiger partial charge on any atom is 0.340 e. The molecule has 4 nitrogen and oxygen atoms in total. The van der Waals surface area contributed by atoms with E-state index in [2.05, 4.69) is 18.8 Å². The number of para-hydroxylation sites is 1. The first-order chi connectivity index (χ1) is 9.01. The zero-order chi connectivity index (χ0) is 14.4. The van der Waals surface area contributed by atoms with Crippen LogP contribution in [-0.4, -0.2) is 32.5 Å². The standard InChI is InChI=1S/C15H21NO3/c1-10(2)12-7-6-8-13(15(17)19-5)14(12)16-11(3)9-18-4/h6-8,10H,9H2,1-5H3. The van der Waals surface area contributed by atoms with Crippen LogP contribution in [0.3, 0.4) is 0 Å². The predicted octanol–water partition coefficient (Wildman–Crippen LogP) is 3.34. The molecule has 0 aliphatic rings. The van der Waals surface area contributed by atoms with Gasteiger partial charge in [-0.05, 0) is 24.5 Å². The number of hydrogen-bond donors (Lipinski definition) is 0. The second-order valence-corrected chi connectivity index (χ2v) is 4.67. The molecule has 104 valence electrons. The van der Waals surface area contributed by atoms with Crippen LogP contribution in [0.1, 0.15) is 42.6 Å². The molecule has 0 N–H and O–H groups in total. The van der Waals surface area contributed by atoms with E-state index in [9.17, 15) is 4.79 Å². The Morgan fingerprint density at radius 3 is 2.53 bits per heavy atom. The number of nitrogens with zero attached hydrogens (tertiary/aromatic N) is 1. The Bertz CT molecular complexity index is 478. The molecular formula is C15H21NO3. The monoisotopic (exact) mass is 263 g/mol. The average Bonchev–Trinajstić information content (AvgIpc) is 2.38. The molecule has 0 spiro atoms. The number of ether oxygens (including phenoxy) is 2. The summed E-state index contributed by atoms with van der Waals surface area (Å²) in [6, 6.07) is 5.57. The van der Waals surface area contributed by atoms with Crippen molar-refractivity contribution < 1.29 is 14.3 Å². The van der Waals surface area contributed by atoms with Gasteiger partial charge in [0.15, 0.2) is 0 Å². The summed E-state index contributed by atoms with van der Waals surface area (Å²) in [4.78, 5) is 16.4. The fourth-order valence-electron chi connectivity index (χ4n) is 1.86.